The number of nitrogens with zero attached hydrogens (tertiary/aromatic N) is 5. The zero-order valence-corrected chi connectivity index (χ0v) is 23.0. The number of fused-ring (bicyclic) bond motifs is 3. The summed E-state index contributed by atoms with van der Waals surface area (Å²) < 4.78 is 47.3. The van der Waals surface area contributed by atoms with E-state index in [0.29, 0.717) is 31.7 Å². The molecule has 1 aromatic carbocycles. The quantitative estimate of drug-likeness (QED) is 0.293. The molecule has 216 valence electrons. The minimum Gasteiger partial charge on any atom is -0.339 e. The van der Waals surface area contributed by atoms with Crippen molar-refractivity contribution < 1.29 is 22.5 Å². The molecule has 0 atom stereocenters. The van der Waals surface area contributed by atoms with Crippen LogP contribution < -0.4 is 4.90 Å². The molecule has 7 aliphatic carbocycles. The van der Waals surface area contributed by atoms with Crippen LogP contribution in [0.25, 0.3) is 11.1 Å². The zero-order chi connectivity index (χ0) is 28.0. The average molecular weight is 566 g/mol. The van der Waals surface area contributed by atoms with Gasteiger partial charge in [0.1, 0.15) is 12.2 Å². The summed E-state index contributed by atoms with van der Waals surface area (Å²) in [4.78, 5) is 20.9. The molecule has 7 fully saturated rings. The Balaban J connectivity index is 1.06. The molecule has 2 aromatic heterocycles. The van der Waals surface area contributed by atoms with E-state index in [1.54, 1.807) is 12.4 Å². The molecule has 4 bridgehead atoms. The van der Waals surface area contributed by atoms with Crippen LogP contribution in [0, 0.1) is 10.8 Å². The fraction of sp³-hybridized carbons (Fsp3) is 0.613. The predicted octanol–water partition coefficient (Wildman–Crippen LogP) is 6.59. The third-order valence-electron chi connectivity index (χ3n) is 10.8. The Bertz CT molecular complexity index is 1470. The maximum absolute atomic E-state index is 14.5. The van der Waals surface area contributed by atoms with Gasteiger partial charge in [0.15, 0.2) is 5.82 Å². The fourth-order valence-electron chi connectivity index (χ4n) is 8.18. The Morgan fingerprint density at radius 3 is 2.46 bits per heavy atom. The summed E-state index contributed by atoms with van der Waals surface area (Å²) in [7, 11) is 0. The molecule has 7 saturated carbocycles. The van der Waals surface area contributed by atoms with Gasteiger partial charge >= 0.3 is 0 Å². The van der Waals surface area contributed by atoms with E-state index in [0.717, 1.165) is 79.9 Å². The number of hydrogen-bond donors (Lipinski definition) is 0. The molecule has 10 heteroatoms. The summed E-state index contributed by atoms with van der Waals surface area (Å²) in [6, 6.07) is 7.68. The van der Waals surface area contributed by atoms with E-state index in [-0.39, 0.29) is 16.7 Å². The van der Waals surface area contributed by atoms with Crippen LogP contribution in [-0.4, -0.2) is 44.5 Å². The third-order valence-corrected chi connectivity index (χ3v) is 10.8. The number of aromatic nitrogens is 4. The van der Waals surface area contributed by atoms with Gasteiger partial charge in [-0.3, -0.25) is 9.48 Å². The molecule has 2 heterocycles. The van der Waals surface area contributed by atoms with Crippen LogP contribution >= 0.6 is 0 Å². The van der Waals surface area contributed by atoms with Gasteiger partial charge < -0.3 is 9.42 Å². The highest BCUT2D eigenvalue weighted by Gasteiger charge is 2.73. The van der Waals surface area contributed by atoms with Gasteiger partial charge in [-0.15, -0.1) is 0 Å². The van der Waals surface area contributed by atoms with Crippen molar-refractivity contribution in [2.75, 3.05) is 11.4 Å². The van der Waals surface area contributed by atoms with Crippen LogP contribution in [0.4, 0.5) is 18.9 Å². The number of halogens is 3. The number of benzene rings is 1. The van der Waals surface area contributed by atoms with E-state index in [2.05, 4.69) is 10.3 Å². The van der Waals surface area contributed by atoms with Crippen LogP contribution in [0.2, 0.25) is 0 Å². The normalized spacial score (nSPS) is 33.5. The summed E-state index contributed by atoms with van der Waals surface area (Å²) in [6.07, 6.45) is 9.71. The first kappa shape index (κ1) is 25.5. The lowest BCUT2D eigenvalue weighted by Gasteiger charge is -2.65. The molecular weight excluding hydrogens is 531 g/mol. The van der Waals surface area contributed by atoms with Gasteiger partial charge in [0.2, 0.25) is 11.8 Å². The van der Waals surface area contributed by atoms with Gasteiger partial charge in [-0.2, -0.15) is 10.1 Å². The second-order valence-electron chi connectivity index (χ2n) is 13.8. The Morgan fingerprint density at radius 1 is 1.07 bits per heavy atom. The van der Waals surface area contributed by atoms with Crippen LogP contribution in [0.15, 0.2) is 41.2 Å². The molecule has 3 aromatic rings. The van der Waals surface area contributed by atoms with E-state index in [1.165, 1.54) is 4.68 Å². The molecule has 0 aliphatic heterocycles. The predicted molar refractivity (Wildman–Crippen MR) is 144 cm³/mol. The molecule has 0 spiro atoms. The average Bonchev–Trinajstić information content (AvgIpc) is 3.47. The zero-order valence-electron chi connectivity index (χ0n) is 23.0. The van der Waals surface area contributed by atoms with Crippen LogP contribution in [0.1, 0.15) is 88.3 Å². The summed E-state index contributed by atoms with van der Waals surface area (Å²) in [5.41, 5.74) is 0.451. The van der Waals surface area contributed by atoms with E-state index in [4.69, 9.17) is 9.51 Å². The number of rotatable bonds is 9. The van der Waals surface area contributed by atoms with Gasteiger partial charge in [0.05, 0.1) is 11.6 Å². The van der Waals surface area contributed by atoms with Gasteiger partial charge in [0, 0.05) is 35.3 Å². The van der Waals surface area contributed by atoms with Crippen molar-refractivity contribution in [2.45, 2.75) is 101 Å². The monoisotopic (exact) mass is 565 g/mol. The molecule has 0 N–H and O–H groups in total. The molecule has 0 unspecified atom stereocenters. The van der Waals surface area contributed by atoms with Crippen molar-refractivity contribution in [1.82, 2.24) is 19.9 Å². The smallest absolute Gasteiger partial charge is 0.257 e. The molecule has 41 heavy (non-hydrogen) atoms. The number of anilines is 1. The topological polar surface area (TPSA) is 77.1 Å². The number of carbonyl (C=O) groups excluding carboxylic acids is 1. The van der Waals surface area contributed by atoms with Crippen molar-refractivity contribution >= 4 is 11.6 Å². The van der Waals surface area contributed by atoms with Crippen molar-refractivity contribution in [2.24, 2.45) is 10.8 Å². The van der Waals surface area contributed by atoms with E-state index in [9.17, 15) is 18.0 Å². The van der Waals surface area contributed by atoms with E-state index >= 15 is 0 Å². The van der Waals surface area contributed by atoms with Gasteiger partial charge in [-0.25, -0.2) is 13.2 Å². The highest BCUT2D eigenvalue weighted by atomic mass is 19.3. The first-order chi connectivity index (χ1) is 19.7. The second-order valence-corrected chi connectivity index (χ2v) is 13.8. The van der Waals surface area contributed by atoms with Crippen molar-refractivity contribution in [3.05, 3.63) is 48.4 Å². The van der Waals surface area contributed by atoms with Crippen LogP contribution in [0.3, 0.4) is 0 Å². The van der Waals surface area contributed by atoms with Crippen molar-refractivity contribution in [3.63, 3.8) is 0 Å². The number of amides is 1. The molecule has 1 amide bonds. The second kappa shape index (κ2) is 8.67. The number of carbonyl (C=O) groups is 1. The van der Waals surface area contributed by atoms with Crippen LogP contribution in [0.5, 0.6) is 0 Å². The lowest BCUT2D eigenvalue weighted by molar-refractivity contribution is -0.211. The standard InChI is InChI=1S/C31H34F3N5O2/c32-24(33)15-38-14-22(13-35-38)21-2-1-3-23(12-21)39(27(40)30-16-31(34,17-30)18-30)19-28-6-9-29(10-7-28,11-8-28)26-36-25(37-41-26)20-4-5-20/h1-3,12-14,20,24H,4-11,15-19H2. The maximum Gasteiger partial charge on any atom is 0.257 e. The molecule has 0 saturated heterocycles. The van der Waals surface area contributed by atoms with E-state index < -0.39 is 24.1 Å². The minimum absolute atomic E-state index is 0.0188. The molecule has 0 radical (unpaired) electrons. The highest BCUT2D eigenvalue weighted by Crippen LogP contribution is 2.70. The largest absolute Gasteiger partial charge is 0.339 e. The van der Waals surface area contributed by atoms with Crippen LogP contribution in [-0.2, 0) is 16.8 Å². The summed E-state index contributed by atoms with van der Waals surface area (Å²) in [5.74, 6) is 2.13. The lowest BCUT2D eigenvalue weighted by atomic mass is 9.41. The van der Waals surface area contributed by atoms with Crippen molar-refractivity contribution in [1.29, 1.82) is 0 Å². The van der Waals surface area contributed by atoms with Crippen molar-refractivity contribution in [3.8, 4) is 11.1 Å². The molecule has 10 rings (SSSR count). The minimum atomic E-state index is -2.49. The third kappa shape index (κ3) is 4.14. The lowest BCUT2D eigenvalue weighted by Crippen LogP contribution is -2.71. The first-order valence-corrected chi connectivity index (χ1v) is 14.9. The Kier molecular flexibility index (Phi) is 5.40. The maximum atomic E-state index is 14.5. The number of alkyl halides is 3. The fourth-order valence-corrected chi connectivity index (χ4v) is 8.18. The van der Waals surface area contributed by atoms with Gasteiger partial charge in [0.25, 0.3) is 6.43 Å². The summed E-state index contributed by atoms with van der Waals surface area (Å²) in [6.45, 7) is 0.126. The highest BCUT2D eigenvalue weighted by molar-refractivity contribution is 6.00. The molecule has 7 aliphatic rings. The van der Waals surface area contributed by atoms with Gasteiger partial charge in [-0.05, 0) is 93.7 Å². The summed E-state index contributed by atoms with van der Waals surface area (Å²) >= 11 is 0. The van der Waals surface area contributed by atoms with Gasteiger partial charge in [-0.1, -0.05) is 17.3 Å². The Morgan fingerprint density at radius 2 is 1.80 bits per heavy atom. The van der Waals surface area contributed by atoms with E-state index in [1.807, 2.05) is 29.2 Å². The number of hydrogen-bond acceptors (Lipinski definition) is 5. The Hall–Kier alpha value is -3.17. The Labute approximate surface area is 236 Å². The molecule has 7 nitrogen and oxygen atoms in total. The molecular formula is C31H34F3N5O2. The first-order valence-electron chi connectivity index (χ1n) is 14.9. The summed E-state index contributed by atoms with van der Waals surface area (Å²) in [5, 5.41) is 8.37. The SMILES string of the molecule is O=C(N(CC12CCC(c3nc(C4CC4)no3)(CC1)CC2)c1cccc(-c2cnn(CC(F)F)c2)c1)C12CC(F)(C1)C2.